The fourth-order valence-corrected chi connectivity index (χ4v) is 1.27. The van der Waals surface area contributed by atoms with E-state index in [1.807, 2.05) is 0 Å². The minimum absolute atomic E-state index is 0.0711. The molecule has 0 bridgehead atoms. The third-order valence-electron chi connectivity index (χ3n) is 2.35. The van der Waals surface area contributed by atoms with Crippen molar-refractivity contribution >= 4 is 0 Å². The number of rotatable bonds is 10. The first-order valence-corrected chi connectivity index (χ1v) is 7.48. The summed E-state index contributed by atoms with van der Waals surface area (Å²) >= 11 is 0. The molecule has 3 nitrogen and oxygen atoms in total. The zero-order valence-electron chi connectivity index (χ0n) is 13.1. The number of unbranched alkanes of at least 4 members (excludes halogenated alkanes) is 4. The quantitative estimate of drug-likeness (QED) is 0.494. The predicted octanol–water partition coefficient (Wildman–Crippen LogP) is 3.02. The maximum absolute atomic E-state index is 8.28. The summed E-state index contributed by atoms with van der Waals surface area (Å²) in [7, 11) is 0. The second kappa shape index (κ2) is 23.1. The Bertz CT molecular complexity index is 258. The van der Waals surface area contributed by atoms with Gasteiger partial charge in [-0.25, -0.2) is 0 Å². The molecule has 0 aromatic rings. The maximum atomic E-state index is 8.28. The summed E-state index contributed by atoms with van der Waals surface area (Å²) in [5, 5.41) is 8.28. The summed E-state index contributed by atoms with van der Waals surface area (Å²) in [5.74, 6) is 7.63. The Labute approximate surface area is 125 Å². The summed E-state index contributed by atoms with van der Waals surface area (Å²) in [4.78, 5) is 0. The molecule has 0 fully saturated rings. The van der Waals surface area contributed by atoms with Gasteiger partial charge in [0.1, 0.15) is 19.8 Å². The van der Waals surface area contributed by atoms with E-state index in [4.69, 9.17) is 21.0 Å². The largest absolute Gasteiger partial charge is 0.384 e. The number of aliphatic hydroxyl groups excluding tert-OH is 1. The van der Waals surface area contributed by atoms with E-state index in [0.29, 0.717) is 13.2 Å². The lowest BCUT2D eigenvalue weighted by molar-refractivity contribution is 0.162. The summed E-state index contributed by atoms with van der Waals surface area (Å²) in [6, 6.07) is 0. The fraction of sp³-hybridized carbons (Fsp3) is 0.765. The molecular formula is C17H30O3. The van der Waals surface area contributed by atoms with Crippen molar-refractivity contribution in [2.45, 2.75) is 52.4 Å². The molecule has 3 heteroatoms. The zero-order valence-corrected chi connectivity index (χ0v) is 13.1. The Morgan fingerprint density at radius 2 is 1.40 bits per heavy atom. The Balaban J connectivity index is 0. The number of hydrogen-bond acceptors (Lipinski definition) is 3. The van der Waals surface area contributed by atoms with Gasteiger partial charge in [-0.3, -0.25) is 0 Å². The third-order valence-corrected chi connectivity index (χ3v) is 2.35. The molecular weight excluding hydrogens is 252 g/mol. The molecule has 0 aromatic heterocycles. The van der Waals surface area contributed by atoms with Crippen molar-refractivity contribution in [2.24, 2.45) is 0 Å². The molecule has 0 aliphatic carbocycles. The Morgan fingerprint density at radius 3 is 1.85 bits per heavy atom. The summed E-state index contributed by atoms with van der Waals surface area (Å²) in [6.07, 6.45) is 12.1. The summed E-state index contributed by atoms with van der Waals surface area (Å²) in [6.45, 7) is 6.77. The molecule has 0 aromatic carbocycles. The van der Waals surface area contributed by atoms with Gasteiger partial charge in [0.2, 0.25) is 0 Å². The van der Waals surface area contributed by atoms with E-state index >= 15 is 0 Å². The van der Waals surface area contributed by atoms with E-state index in [0.717, 1.165) is 26.1 Å². The molecule has 20 heavy (non-hydrogen) atoms. The highest BCUT2D eigenvalue weighted by Crippen LogP contribution is 1.93. The summed E-state index contributed by atoms with van der Waals surface area (Å²) in [5.41, 5.74) is 0. The van der Waals surface area contributed by atoms with Crippen LogP contribution in [0.25, 0.3) is 0 Å². The molecule has 116 valence electrons. The number of ether oxygens (including phenoxy) is 2. The lowest BCUT2D eigenvalue weighted by atomic mass is 10.3. The van der Waals surface area contributed by atoms with Gasteiger partial charge < -0.3 is 14.6 Å². The highest BCUT2D eigenvalue weighted by molar-refractivity contribution is 4.98. The van der Waals surface area contributed by atoms with Crippen LogP contribution in [0.15, 0.2) is 0 Å². The zero-order chi connectivity index (χ0) is 15.3. The first kappa shape index (κ1) is 21.3. The van der Waals surface area contributed by atoms with E-state index in [-0.39, 0.29) is 6.61 Å². The van der Waals surface area contributed by atoms with Crippen molar-refractivity contribution in [3.63, 3.8) is 0 Å². The molecule has 0 aliphatic heterocycles. The van der Waals surface area contributed by atoms with Crippen molar-refractivity contribution in [1.29, 1.82) is 0 Å². The molecule has 0 unspecified atom stereocenters. The molecule has 0 heterocycles. The van der Waals surface area contributed by atoms with Gasteiger partial charge in [0, 0.05) is 13.2 Å². The van der Waals surface area contributed by atoms with Crippen LogP contribution in [0.3, 0.4) is 0 Å². The topological polar surface area (TPSA) is 38.7 Å². The van der Waals surface area contributed by atoms with Crippen LogP contribution >= 0.6 is 0 Å². The van der Waals surface area contributed by atoms with Crippen molar-refractivity contribution in [3.05, 3.63) is 0 Å². The summed E-state index contributed by atoms with van der Waals surface area (Å²) < 4.78 is 10.2. The third kappa shape index (κ3) is 25.8. The van der Waals surface area contributed by atoms with E-state index in [1.165, 1.54) is 25.7 Å². The Kier molecular flexibility index (Phi) is 24.6. The molecule has 0 rings (SSSR count). The highest BCUT2D eigenvalue weighted by atomic mass is 16.5. The van der Waals surface area contributed by atoms with Crippen LogP contribution in [0.2, 0.25) is 0 Å². The first-order valence-electron chi connectivity index (χ1n) is 7.48. The Morgan fingerprint density at radius 1 is 0.850 bits per heavy atom. The number of aliphatic hydroxyl groups is 1. The molecule has 0 saturated carbocycles. The van der Waals surface area contributed by atoms with Gasteiger partial charge in [-0.2, -0.15) is 0 Å². The predicted molar refractivity (Wildman–Crippen MR) is 84.4 cm³/mol. The van der Waals surface area contributed by atoms with Crippen LogP contribution in [-0.4, -0.2) is 38.1 Å². The highest BCUT2D eigenvalue weighted by Gasteiger charge is 1.84. The van der Waals surface area contributed by atoms with Crippen LogP contribution in [0.4, 0.5) is 0 Å². The van der Waals surface area contributed by atoms with Gasteiger partial charge in [-0.15, -0.1) is 6.42 Å². The molecule has 0 saturated heterocycles. The van der Waals surface area contributed by atoms with E-state index in [2.05, 4.69) is 31.6 Å². The van der Waals surface area contributed by atoms with E-state index < -0.39 is 0 Å². The molecule has 0 radical (unpaired) electrons. The molecule has 0 aliphatic rings. The van der Waals surface area contributed by atoms with Crippen molar-refractivity contribution in [3.8, 4) is 24.2 Å². The lowest BCUT2D eigenvalue weighted by Crippen LogP contribution is -1.94. The van der Waals surface area contributed by atoms with E-state index in [9.17, 15) is 0 Å². The number of hydrogen-bond donors (Lipinski definition) is 1. The van der Waals surface area contributed by atoms with Crippen molar-refractivity contribution in [1.82, 2.24) is 0 Å². The van der Waals surface area contributed by atoms with Crippen LogP contribution in [-0.2, 0) is 9.47 Å². The standard InChI is InChI=1S/C9H16O2.C8H14O/c1-2-3-5-8-11-9-6-4-7-10;1-3-5-6-8-9-7-4-2/h10H,2-3,5,7-9H2,1H3;2H,3,5-8H2,1H3. The fourth-order valence-electron chi connectivity index (χ4n) is 1.27. The second-order valence-electron chi connectivity index (χ2n) is 4.24. The monoisotopic (exact) mass is 282 g/mol. The van der Waals surface area contributed by atoms with Gasteiger partial charge in [0.05, 0.1) is 0 Å². The van der Waals surface area contributed by atoms with Gasteiger partial charge in [0.15, 0.2) is 0 Å². The van der Waals surface area contributed by atoms with Crippen LogP contribution < -0.4 is 0 Å². The molecule has 0 amide bonds. The minimum atomic E-state index is -0.0711. The molecule has 0 atom stereocenters. The first-order chi connectivity index (χ1) is 9.83. The SMILES string of the molecule is C#CCOCCCCC.CCCCCOCC#CCO. The van der Waals surface area contributed by atoms with Gasteiger partial charge in [0.25, 0.3) is 0 Å². The average molecular weight is 282 g/mol. The number of terminal acetylenes is 1. The van der Waals surface area contributed by atoms with E-state index in [1.54, 1.807) is 0 Å². The molecule has 0 spiro atoms. The van der Waals surface area contributed by atoms with Crippen molar-refractivity contribution < 1.29 is 14.6 Å². The van der Waals surface area contributed by atoms with Gasteiger partial charge >= 0.3 is 0 Å². The van der Waals surface area contributed by atoms with Crippen LogP contribution in [0, 0.1) is 24.2 Å². The average Bonchev–Trinajstić information content (AvgIpc) is 2.47. The van der Waals surface area contributed by atoms with Crippen LogP contribution in [0.1, 0.15) is 52.4 Å². The van der Waals surface area contributed by atoms with Gasteiger partial charge in [-0.05, 0) is 12.8 Å². The normalized spacial score (nSPS) is 8.90. The Hall–Kier alpha value is -1.00. The maximum Gasteiger partial charge on any atom is 0.107 e. The smallest absolute Gasteiger partial charge is 0.107 e. The second-order valence-corrected chi connectivity index (χ2v) is 4.24. The van der Waals surface area contributed by atoms with Gasteiger partial charge in [-0.1, -0.05) is 57.3 Å². The van der Waals surface area contributed by atoms with Crippen molar-refractivity contribution in [2.75, 3.05) is 33.0 Å². The molecule has 1 N–H and O–H groups in total. The van der Waals surface area contributed by atoms with Crippen LogP contribution in [0.5, 0.6) is 0 Å². The lowest BCUT2D eigenvalue weighted by Gasteiger charge is -1.96. The minimum Gasteiger partial charge on any atom is -0.384 e.